The SMILES string of the molecule is OC(Cc1csc2ccccc12)C1Cc2ccccc2C1. The highest BCUT2D eigenvalue weighted by Gasteiger charge is 2.27. The highest BCUT2D eigenvalue weighted by Crippen LogP contribution is 2.32. The number of aliphatic hydroxyl groups is 1. The van der Waals surface area contributed by atoms with E-state index in [4.69, 9.17) is 0 Å². The molecule has 0 saturated heterocycles. The zero-order valence-corrected chi connectivity index (χ0v) is 12.6. The molecular formula is C19H18OS. The second-order valence-electron chi connectivity index (χ2n) is 5.97. The summed E-state index contributed by atoms with van der Waals surface area (Å²) >= 11 is 1.77. The number of rotatable bonds is 3. The van der Waals surface area contributed by atoms with Crippen molar-refractivity contribution in [2.45, 2.75) is 25.4 Å². The topological polar surface area (TPSA) is 20.2 Å². The van der Waals surface area contributed by atoms with Crippen LogP contribution in [0.3, 0.4) is 0 Å². The molecule has 1 atom stereocenters. The Labute approximate surface area is 128 Å². The quantitative estimate of drug-likeness (QED) is 0.767. The van der Waals surface area contributed by atoms with E-state index in [2.05, 4.69) is 53.9 Å². The Morgan fingerprint density at radius 2 is 1.67 bits per heavy atom. The van der Waals surface area contributed by atoms with Gasteiger partial charge in [0.05, 0.1) is 6.10 Å². The molecule has 2 heteroatoms. The molecule has 1 nitrogen and oxygen atoms in total. The van der Waals surface area contributed by atoms with Crippen LogP contribution in [0.15, 0.2) is 53.9 Å². The molecule has 1 heterocycles. The van der Waals surface area contributed by atoms with Gasteiger partial charge in [-0.25, -0.2) is 0 Å². The number of hydrogen-bond donors (Lipinski definition) is 1. The first-order valence-corrected chi connectivity index (χ1v) is 8.39. The smallest absolute Gasteiger partial charge is 0.0615 e. The largest absolute Gasteiger partial charge is 0.392 e. The monoisotopic (exact) mass is 294 g/mol. The molecule has 1 N–H and O–H groups in total. The summed E-state index contributed by atoms with van der Waals surface area (Å²) < 4.78 is 1.31. The van der Waals surface area contributed by atoms with Crippen molar-refractivity contribution in [2.75, 3.05) is 0 Å². The van der Waals surface area contributed by atoms with Gasteiger partial charge in [0.1, 0.15) is 0 Å². The molecular weight excluding hydrogens is 276 g/mol. The molecule has 4 rings (SSSR count). The Kier molecular flexibility index (Phi) is 3.28. The maximum absolute atomic E-state index is 10.7. The van der Waals surface area contributed by atoms with Crippen LogP contribution < -0.4 is 0 Å². The third-order valence-corrected chi connectivity index (χ3v) is 5.63. The van der Waals surface area contributed by atoms with E-state index in [1.54, 1.807) is 11.3 Å². The molecule has 0 spiro atoms. The molecule has 0 aliphatic heterocycles. The fourth-order valence-corrected chi connectivity index (χ4v) is 4.42. The normalized spacial score (nSPS) is 16.2. The summed E-state index contributed by atoms with van der Waals surface area (Å²) in [7, 11) is 0. The summed E-state index contributed by atoms with van der Waals surface area (Å²) in [5.74, 6) is 0.362. The van der Waals surface area contributed by atoms with E-state index in [1.807, 2.05) is 0 Å². The number of hydrogen-bond acceptors (Lipinski definition) is 2. The summed E-state index contributed by atoms with van der Waals surface area (Å²) in [6, 6.07) is 17.1. The third-order valence-electron chi connectivity index (χ3n) is 4.62. The van der Waals surface area contributed by atoms with Crippen LogP contribution >= 0.6 is 11.3 Å². The summed E-state index contributed by atoms with van der Waals surface area (Å²) in [6.45, 7) is 0. The van der Waals surface area contributed by atoms with Crippen molar-refractivity contribution in [3.63, 3.8) is 0 Å². The number of fused-ring (bicyclic) bond motifs is 2. The van der Waals surface area contributed by atoms with Crippen LogP contribution in [-0.2, 0) is 19.3 Å². The summed E-state index contributed by atoms with van der Waals surface area (Å²) in [6.07, 6.45) is 2.54. The van der Waals surface area contributed by atoms with Crippen molar-refractivity contribution in [1.82, 2.24) is 0 Å². The second kappa shape index (κ2) is 5.28. The summed E-state index contributed by atoms with van der Waals surface area (Å²) in [5, 5.41) is 14.2. The van der Waals surface area contributed by atoms with Gasteiger partial charge >= 0.3 is 0 Å². The van der Waals surface area contributed by atoms with Crippen molar-refractivity contribution in [1.29, 1.82) is 0 Å². The zero-order chi connectivity index (χ0) is 14.2. The van der Waals surface area contributed by atoms with E-state index >= 15 is 0 Å². The first-order chi connectivity index (χ1) is 10.3. The van der Waals surface area contributed by atoms with Crippen LogP contribution in [0.1, 0.15) is 16.7 Å². The maximum atomic E-state index is 10.7. The van der Waals surface area contributed by atoms with Gasteiger partial charge in [-0.2, -0.15) is 0 Å². The lowest BCUT2D eigenvalue weighted by atomic mass is 9.93. The highest BCUT2D eigenvalue weighted by molar-refractivity contribution is 7.17. The average molecular weight is 294 g/mol. The Balaban J connectivity index is 1.53. The highest BCUT2D eigenvalue weighted by atomic mass is 32.1. The number of aliphatic hydroxyl groups excluding tert-OH is 1. The molecule has 1 aliphatic rings. The number of thiophene rings is 1. The van der Waals surface area contributed by atoms with Gasteiger partial charge in [0.2, 0.25) is 0 Å². The standard InChI is InChI=1S/C19H18OS/c20-18(15-9-13-5-1-2-6-14(13)10-15)11-16-12-21-19-8-4-3-7-17(16)19/h1-8,12,15,18,20H,9-11H2. The van der Waals surface area contributed by atoms with Crippen LogP contribution in [-0.4, -0.2) is 11.2 Å². The molecule has 1 aromatic heterocycles. The predicted molar refractivity (Wildman–Crippen MR) is 88.9 cm³/mol. The molecule has 1 unspecified atom stereocenters. The Morgan fingerprint density at radius 1 is 1.00 bits per heavy atom. The van der Waals surface area contributed by atoms with E-state index in [0.717, 1.165) is 19.3 Å². The molecule has 0 amide bonds. The Hall–Kier alpha value is -1.64. The fraction of sp³-hybridized carbons (Fsp3) is 0.263. The van der Waals surface area contributed by atoms with Gasteiger partial charge in [-0.1, -0.05) is 42.5 Å². The molecule has 0 fully saturated rings. The van der Waals surface area contributed by atoms with Gasteiger partial charge in [-0.15, -0.1) is 11.3 Å². The fourth-order valence-electron chi connectivity index (χ4n) is 3.45. The van der Waals surface area contributed by atoms with Crippen molar-refractivity contribution >= 4 is 21.4 Å². The molecule has 21 heavy (non-hydrogen) atoms. The molecule has 106 valence electrons. The first kappa shape index (κ1) is 13.1. The second-order valence-corrected chi connectivity index (χ2v) is 6.88. The van der Waals surface area contributed by atoms with Gasteiger partial charge in [0.15, 0.2) is 0 Å². The van der Waals surface area contributed by atoms with E-state index < -0.39 is 0 Å². The van der Waals surface area contributed by atoms with Crippen molar-refractivity contribution in [2.24, 2.45) is 5.92 Å². The lowest BCUT2D eigenvalue weighted by Gasteiger charge is -2.17. The maximum Gasteiger partial charge on any atom is 0.0615 e. The first-order valence-electron chi connectivity index (χ1n) is 7.51. The van der Waals surface area contributed by atoms with Gasteiger partial charge < -0.3 is 5.11 Å². The minimum atomic E-state index is -0.254. The van der Waals surface area contributed by atoms with Crippen molar-refractivity contribution in [3.8, 4) is 0 Å². The average Bonchev–Trinajstić information content (AvgIpc) is 3.11. The molecule has 0 bridgehead atoms. The molecule has 0 radical (unpaired) electrons. The number of benzene rings is 2. The molecule has 0 saturated carbocycles. The molecule has 1 aliphatic carbocycles. The predicted octanol–water partition coefficient (Wildman–Crippen LogP) is 4.22. The molecule has 3 aromatic rings. The Bertz CT molecular complexity index is 749. The summed E-state index contributed by atoms with van der Waals surface area (Å²) in [4.78, 5) is 0. The van der Waals surface area contributed by atoms with E-state index in [1.165, 1.54) is 26.8 Å². The van der Waals surface area contributed by atoms with Gasteiger partial charge in [0.25, 0.3) is 0 Å². The lowest BCUT2D eigenvalue weighted by molar-refractivity contribution is 0.113. The lowest BCUT2D eigenvalue weighted by Crippen LogP contribution is -2.23. The minimum Gasteiger partial charge on any atom is -0.392 e. The van der Waals surface area contributed by atoms with Crippen molar-refractivity contribution < 1.29 is 5.11 Å². The van der Waals surface area contributed by atoms with E-state index in [0.29, 0.717) is 5.92 Å². The van der Waals surface area contributed by atoms with Crippen LogP contribution in [0.5, 0.6) is 0 Å². The van der Waals surface area contributed by atoms with E-state index in [-0.39, 0.29) is 6.10 Å². The van der Waals surface area contributed by atoms with E-state index in [9.17, 15) is 5.11 Å². The minimum absolute atomic E-state index is 0.254. The van der Waals surface area contributed by atoms with Crippen LogP contribution in [0.2, 0.25) is 0 Å². The van der Waals surface area contributed by atoms with Gasteiger partial charge in [-0.3, -0.25) is 0 Å². The van der Waals surface area contributed by atoms with Crippen LogP contribution in [0, 0.1) is 5.92 Å². The summed E-state index contributed by atoms with van der Waals surface area (Å²) in [5.41, 5.74) is 4.12. The van der Waals surface area contributed by atoms with Crippen LogP contribution in [0.4, 0.5) is 0 Å². The van der Waals surface area contributed by atoms with Gasteiger partial charge in [-0.05, 0) is 52.3 Å². The Morgan fingerprint density at radius 3 is 2.43 bits per heavy atom. The van der Waals surface area contributed by atoms with Crippen molar-refractivity contribution in [3.05, 3.63) is 70.6 Å². The third kappa shape index (κ3) is 2.39. The zero-order valence-electron chi connectivity index (χ0n) is 11.8. The van der Waals surface area contributed by atoms with Crippen LogP contribution in [0.25, 0.3) is 10.1 Å². The molecule has 2 aromatic carbocycles. The van der Waals surface area contributed by atoms with Gasteiger partial charge in [0, 0.05) is 11.1 Å².